The van der Waals surface area contributed by atoms with E-state index in [1.165, 1.54) is 49.7 Å². The predicted octanol–water partition coefficient (Wildman–Crippen LogP) is 4.11. The largest absolute Gasteiger partial charge is 0.347 e. The minimum atomic E-state index is 0.468. The summed E-state index contributed by atoms with van der Waals surface area (Å²) in [4.78, 5) is 2.48. The molecule has 1 aliphatic carbocycles. The van der Waals surface area contributed by atoms with Crippen LogP contribution >= 0.6 is 0 Å². The van der Waals surface area contributed by atoms with Crippen LogP contribution in [0.4, 0.5) is 0 Å². The Morgan fingerprint density at radius 1 is 0.952 bits per heavy atom. The monoisotopic (exact) mass is 284 g/mol. The Morgan fingerprint density at radius 2 is 1.62 bits per heavy atom. The number of likely N-dealkylation sites (tertiary alicyclic amines) is 1. The Balaban J connectivity index is 0.000000636. The summed E-state index contributed by atoms with van der Waals surface area (Å²) >= 11 is 0. The summed E-state index contributed by atoms with van der Waals surface area (Å²) in [6.45, 7) is 6.50. The molecule has 0 amide bonds. The maximum absolute atomic E-state index is 2.49. The molecule has 1 fully saturated rings. The number of aryl methyl sites for hydroxylation is 2. The van der Waals surface area contributed by atoms with Crippen LogP contribution in [0.5, 0.6) is 0 Å². The first-order valence-corrected chi connectivity index (χ1v) is 8.47. The molecule has 0 bridgehead atoms. The minimum absolute atomic E-state index is 0.468. The van der Waals surface area contributed by atoms with Gasteiger partial charge in [-0.2, -0.15) is 0 Å². The number of fused-ring (bicyclic) bond motifs is 4. The lowest BCUT2D eigenvalue weighted by atomic mass is 9.76. The summed E-state index contributed by atoms with van der Waals surface area (Å²) in [5, 5.41) is 1.50. The molecule has 2 heterocycles. The second kappa shape index (κ2) is 5.49. The zero-order chi connectivity index (χ0) is 15.0. The molecule has 4 rings (SSSR count). The molecule has 2 aromatic rings. The van der Waals surface area contributed by atoms with Crippen molar-refractivity contribution in [2.24, 2.45) is 7.05 Å². The summed E-state index contributed by atoms with van der Waals surface area (Å²) in [5.41, 5.74) is 5.19. The Hall–Kier alpha value is -1.28. The van der Waals surface area contributed by atoms with Gasteiger partial charge in [0.15, 0.2) is 0 Å². The van der Waals surface area contributed by atoms with Crippen LogP contribution in [-0.4, -0.2) is 29.6 Å². The third-order valence-electron chi connectivity index (χ3n) is 5.51. The highest BCUT2D eigenvalue weighted by atomic mass is 15.1. The van der Waals surface area contributed by atoms with E-state index in [9.17, 15) is 0 Å². The van der Waals surface area contributed by atoms with E-state index in [-0.39, 0.29) is 0 Å². The zero-order valence-electron chi connectivity index (χ0n) is 13.9. The number of nitrogens with zero attached hydrogens (tertiary/aromatic N) is 2. The highest BCUT2D eigenvalue weighted by Crippen LogP contribution is 2.49. The summed E-state index contributed by atoms with van der Waals surface area (Å²) in [6.07, 6.45) is 5.31. The maximum atomic E-state index is 2.49. The van der Waals surface area contributed by atoms with Crippen LogP contribution in [0.3, 0.4) is 0 Å². The molecule has 0 saturated carbocycles. The molecule has 0 N–H and O–H groups in total. The van der Waals surface area contributed by atoms with Gasteiger partial charge in [0.1, 0.15) is 0 Å². The fraction of sp³-hybridized carbons (Fsp3) is 0.579. The molecule has 1 saturated heterocycles. The average Bonchev–Trinajstić information content (AvgIpc) is 3.04. The van der Waals surface area contributed by atoms with Crippen molar-refractivity contribution >= 4 is 10.9 Å². The van der Waals surface area contributed by atoms with E-state index >= 15 is 0 Å². The molecule has 2 nitrogen and oxygen atoms in total. The first kappa shape index (κ1) is 14.6. The standard InChI is InChI=1S/C17H22N2.C2H6/c1-18-11-9-17(10-12-18)8-7-14-13-5-3-4-6-15(13)19(2)16(14)17;1-2/h3-6H,7-12H2,1-2H3;1-2H3. The van der Waals surface area contributed by atoms with Gasteiger partial charge >= 0.3 is 0 Å². The van der Waals surface area contributed by atoms with Crippen LogP contribution in [0, 0.1) is 0 Å². The van der Waals surface area contributed by atoms with Gasteiger partial charge in [0.2, 0.25) is 0 Å². The maximum Gasteiger partial charge on any atom is 0.0482 e. The van der Waals surface area contributed by atoms with Crippen LogP contribution in [0.25, 0.3) is 10.9 Å². The van der Waals surface area contributed by atoms with Gasteiger partial charge in [-0.15, -0.1) is 0 Å². The zero-order valence-corrected chi connectivity index (χ0v) is 13.9. The van der Waals surface area contributed by atoms with Gasteiger partial charge in [0, 0.05) is 29.1 Å². The summed E-state index contributed by atoms with van der Waals surface area (Å²) in [6, 6.07) is 8.93. The topological polar surface area (TPSA) is 8.17 Å². The van der Waals surface area contributed by atoms with Gasteiger partial charge in [-0.1, -0.05) is 32.0 Å². The van der Waals surface area contributed by atoms with Gasteiger partial charge in [0.05, 0.1) is 0 Å². The van der Waals surface area contributed by atoms with Crippen molar-refractivity contribution in [1.82, 2.24) is 9.47 Å². The second-order valence-electron chi connectivity index (χ2n) is 6.49. The van der Waals surface area contributed by atoms with Crippen LogP contribution in [0.2, 0.25) is 0 Å². The number of hydrogen-bond donors (Lipinski definition) is 0. The Morgan fingerprint density at radius 3 is 2.33 bits per heavy atom. The molecule has 21 heavy (non-hydrogen) atoms. The summed E-state index contributed by atoms with van der Waals surface area (Å²) < 4.78 is 2.49. The van der Waals surface area contributed by atoms with Crippen molar-refractivity contribution in [2.75, 3.05) is 20.1 Å². The third kappa shape index (κ3) is 2.12. The summed E-state index contributed by atoms with van der Waals surface area (Å²) in [7, 11) is 4.52. The van der Waals surface area contributed by atoms with Gasteiger partial charge in [-0.05, 0) is 57.5 Å². The fourth-order valence-corrected chi connectivity index (χ4v) is 4.42. The third-order valence-corrected chi connectivity index (χ3v) is 5.51. The van der Waals surface area contributed by atoms with E-state index in [4.69, 9.17) is 0 Å². The molecule has 0 unspecified atom stereocenters. The Kier molecular flexibility index (Phi) is 3.83. The molecule has 0 atom stereocenters. The second-order valence-corrected chi connectivity index (χ2v) is 6.49. The van der Waals surface area contributed by atoms with Crippen LogP contribution in [0.15, 0.2) is 24.3 Å². The van der Waals surface area contributed by atoms with E-state index in [0.717, 1.165) is 0 Å². The van der Waals surface area contributed by atoms with Gasteiger partial charge in [-0.25, -0.2) is 0 Å². The van der Waals surface area contributed by atoms with E-state index in [1.54, 1.807) is 11.3 Å². The van der Waals surface area contributed by atoms with E-state index in [2.05, 4.69) is 47.8 Å². The number of hydrogen-bond acceptors (Lipinski definition) is 1. The lowest BCUT2D eigenvalue weighted by Gasteiger charge is -2.38. The molecule has 1 spiro atoms. The van der Waals surface area contributed by atoms with Crippen molar-refractivity contribution in [3.05, 3.63) is 35.5 Å². The van der Waals surface area contributed by atoms with Crippen LogP contribution < -0.4 is 0 Å². The highest BCUT2D eigenvalue weighted by molar-refractivity contribution is 5.86. The number of benzene rings is 1. The van der Waals surface area contributed by atoms with Crippen molar-refractivity contribution < 1.29 is 0 Å². The van der Waals surface area contributed by atoms with Gasteiger partial charge < -0.3 is 9.47 Å². The Labute approximate surface area is 128 Å². The number of piperidine rings is 1. The lowest BCUT2D eigenvalue weighted by Crippen LogP contribution is -2.40. The lowest BCUT2D eigenvalue weighted by molar-refractivity contribution is 0.182. The first-order valence-electron chi connectivity index (χ1n) is 8.47. The average molecular weight is 284 g/mol. The molecule has 2 aliphatic rings. The van der Waals surface area contributed by atoms with Gasteiger partial charge in [0.25, 0.3) is 0 Å². The molecule has 2 heteroatoms. The quantitative estimate of drug-likeness (QED) is 0.706. The van der Waals surface area contributed by atoms with Crippen molar-refractivity contribution in [1.29, 1.82) is 0 Å². The number of rotatable bonds is 0. The molecule has 1 aliphatic heterocycles. The minimum Gasteiger partial charge on any atom is -0.347 e. The molecule has 0 radical (unpaired) electrons. The van der Waals surface area contributed by atoms with Gasteiger partial charge in [-0.3, -0.25) is 0 Å². The predicted molar refractivity (Wildman–Crippen MR) is 91.0 cm³/mol. The number of para-hydroxylation sites is 1. The highest BCUT2D eigenvalue weighted by Gasteiger charge is 2.43. The van der Waals surface area contributed by atoms with E-state index < -0.39 is 0 Å². The molecular weight excluding hydrogens is 256 g/mol. The molecular formula is C19H28N2. The van der Waals surface area contributed by atoms with Crippen molar-refractivity contribution in [3.8, 4) is 0 Å². The first-order chi connectivity index (χ1) is 10.2. The van der Waals surface area contributed by atoms with Crippen LogP contribution in [0.1, 0.15) is 44.4 Å². The summed E-state index contributed by atoms with van der Waals surface area (Å²) in [5.74, 6) is 0. The van der Waals surface area contributed by atoms with Crippen molar-refractivity contribution in [2.45, 2.75) is 44.9 Å². The van der Waals surface area contributed by atoms with Crippen molar-refractivity contribution in [3.63, 3.8) is 0 Å². The SMILES string of the molecule is CC.CN1CCC2(CCc3c2n(C)c2ccccc32)CC1. The molecule has 1 aromatic heterocycles. The molecule has 1 aromatic carbocycles. The smallest absolute Gasteiger partial charge is 0.0482 e. The fourth-order valence-electron chi connectivity index (χ4n) is 4.42. The van der Waals surface area contributed by atoms with E-state index in [0.29, 0.717) is 5.41 Å². The van der Waals surface area contributed by atoms with E-state index in [1.807, 2.05) is 13.8 Å². The Bertz CT molecular complexity index is 630. The normalized spacial score (nSPS) is 20.4. The van der Waals surface area contributed by atoms with Crippen LogP contribution in [-0.2, 0) is 18.9 Å². The number of aromatic nitrogens is 1. The molecule has 114 valence electrons.